The lowest BCUT2D eigenvalue weighted by Crippen LogP contribution is -2.02. The Kier molecular flexibility index (Phi) is 3.73. The fourth-order valence-corrected chi connectivity index (χ4v) is 1.68. The molecule has 0 amide bonds. The average Bonchev–Trinajstić information content (AvgIpc) is 2.40. The zero-order chi connectivity index (χ0) is 12.1. The molecule has 1 N–H and O–H groups in total. The summed E-state index contributed by atoms with van der Waals surface area (Å²) in [5, 5.41) is 10.0. The van der Waals surface area contributed by atoms with Gasteiger partial charge in [-0.15, -0.1) is 0 Å². The van der Waals surface area contributed by atoms with Crippen LogP contribution < -0.4 is 4.74 Å². The number of methoxy groups -OCH3 is 1. The number of hydrogen-bond donors (Lipinski definition) is 1. The molecular formula is C14H15NO2. The van der Waals surface area contributed by atoms with E-state index in [1.165, 1.54) is 0 Å². The van der Waals surface area contributed by atoms with Crippen molar-refractivity contribution in [3.63, 3.8) is 0 Å². The highest BCUT2D eigenvalue weighted by atomic mass is 16.5. The summed E-state index contributed by atoms with van der Waals surface area (Å²) in [4.78, 5) is 3.99. The topological polar surface area (TPSA) is 42.4 Å². The standard InChI is InChI=1S/C14H15NO2/c1-17-13-6-4-11(5-7-13)9-14(16)12-3-2-8-15-10-12/h2-8,10,14,16H,9H2,1H3. The molecule has 0 radical (unpaired) electrons. The lowest BCUT2D eigenvalue weighted by atomic mass is 10.0. The van der Waals surface area contributed by atoms with Crippen LogP contribution in [0.25, 0.3) is 0 Å². The molecule has 2 rings (SSSR count). The molecule has 0 spiro atoms. The van der Waals surface area contributed by atoms with Crippen molar-refractivity contribution in [2.45, 2.75) is 12.5 Å². The molecule has 1 atom stereocenters. The molecule has 88 valence electrons. The van der Waals surface area contributed by atoms with Gasteiger partial charge in [-0.2, -0.15) is 0 Å². The molecule has 0 saturated carbocycles. The Bertz CT molecular complexity index is 453. The molecule has 0 aliphatic heterocycles. The van der Waals surface area contributed by atoms with Crippen LogP contribution >= 0.6 is 0 Å². The van der Waals surface area contributed by atoms with E-state index in [2.05, 4.69) is 4.98 Å². The molecule has 2 aromatic rings. The van der Waals surface area contributed by atoms with Crippen LogP contribution in [0.5, 0.6) is 5.75 Å². The summed E-state index contributed by atoms with van der Waals surface area (Å²) >= 11 is 0. The normalized spacial score (nSPS) is 12.1. The summed E-state index contributed by atoms with van der Waals surface area (Å²) in [7, 11) is 1.64. The maximum absolute atomic E-state index is 10.0. The third kappa shape index (κ3) is 3.04. The Labute approximate surface area is 101 Å². The van der Waals surface area contributed by atoms with Gasteiger partial charge in [0, 0.05) is 18.8 Å². The van der Waals surface area contributed by atoms with Crippen LogP contribution in [0.1, 0.15) is 17.2 Å². The third-order valence-corrected chi connectivity index (χ3v) is 2.66. The van der Waals surface area contributed by atoms with Crippen LogP contribution in [0.3, 0.4) is 0 Å². The Morgan fingerprint density at radius 1 is 1.24 bits per heavy atom. The molecule has 1 aromatic heterocycles. The number of benzene rings is 1. The van der Waals surface area contributed by atoms with Gasteiger partial charge in [0.05, 0.1) is 13.2 Å². The smallest absolute Gasteiger partial charge is 0.118 e. The van der Waals surface area contributed by atoms with Crippen LogP contribution in [0, 0.1) is 0 Å². The van der Waals surface area contributed by atoms with Gasteiger partial charge in [-0.1, -0.05) is 18.2 Å². The first kappa shape index (κ1) is 11.6. The number of rotatable bonds is 4. The number of aromatic nitrogens is 1. The summed E-state index contributed by atoms with van der Waals surface area (Å²) in [5.74, 6) is 0.824. The van der Waals surface area contributed by atoms with E-state index in [4.69, 9.17) is 4.74 Å². The molecule has 0 aliphatic carbocycles. The van der Waals surface area contributed by atoms with E-state index in [0.717, 1.165) is 16.9 Å². The minimum absolute atomic E-state index is 0.517. The predicted molar refractivity (Wildman–Crippen MR) is 65.9 cm³/mol. The summed E-state index contributed by atoms with van der Waals surface area (Å²) in [6.07, 6.45) is 3.45. The third-order valence-electron chi connectivity index (χ3n) is 2.66. The second kappa shape index (κ2) is 5.46. The Balaban J connectivity index is 2.05. The van der Waals surface area contributed by atoms with Crippen molar-refractivity contribution in [2.75, 3.05) is 7.11 Å². The number of aliphatic hydroxyl groups is 1. The molecule has 17 heavy (non-hydrogen) atoms. The van der Waals surface area contributed by atoms with Crippen LogP contribution in [0.2, 0.25) is 0 Å². The second-order valence-corrected chi connectivity index (χ2v) is 3.85. The molecular weight excluding hydrogens is 214 g/mol. The van der Waals surface area contributed by atoms with Gasteiger partial charge >= 0.3 is 0 Å². The lowest BCUT2D eigenvalue weighted by molar-refractivity contribution is 0.178. The van der Waals surface area contributed by atoms with Gasteiger partial charge in [0.1, 0.15) is 5.75 Å². The average molecular weight is 229 g/mol. The summed E-state index contributed by atoms with van der Waals surface area (Å²) in [6.45, 7) is 0. The first-order chi connectivity index (χ1) is 8.29. The van der Waals surface area contributed by atoms with Crippen molar-refractivity contribution < 1.29 is 9.84 Å². The van der Waals surface area contributed by atoms with Crippen molar-refractivity contribution >= 4 is 0 Å². The Hall–Kier alpha value is -1.87. The quantitative estimate of drug-likeness (QED) is 0.875. The Morgan fingerprint density at radius 2 is 2.00 bits per heavy atom. The zero-order valence-electron chi connectivity index (χ0n) is 9.71. The van der Waals surface area contributed by atoms with Crippen molar-refractivity contribution in [1.82, 2.24) is 4.98 Å². The first-order valence-corrected chi connectivity index (χ1v) is 5.50. The van der Waals surface area contributed by atoms with Gasteiger partial charge in [-0.3, -0.25) is 4.98 Å². The molecule has 1 unspecified atom stereocenters. The van der Waals surface area contributed by atoms with Crippen molar-refractivity contribution in [3.8, 4) is 5.75 Å². The first-order valence-electron chi connectivity index (χ1n) is 5.50. The molecule has 3 nitrogen and oxygen atoms in total. The van der Waals surface area contributed by atoms with E-state index in [1.807, 2.05) is 36.4 Å². The highest BCUT2D eigenvalue weighted by Crippen LogP contribution is 2.19. The number of ether oxygens (including phenoxy) is 1. The number of nitrogens with zero attached hydrogens (tertiary/aromatic N) is 1. The highest BCUT2D eigenvalue weighted by Gasteiger charge is 2.08. The van der Waals surface area contributed by atoms with Crippen molar-refractivity contribution in [2.24, 2.45) is 0 Å². The van der Waals surface area contributed by atoms with E-state index >= 15 is 0 Å². The second-order valence-electron chi connectivity index (χ2n) is 3.85. The van der Waals surface area contributed by atoms with Gasteiger partial charge < -0.3 is 9.84 Å². The summed E-state index contributed by atoms with van der Waals surface area (Å²) in [5.41, 5.74) is 1.91. The fraction of sp³-hybridized carbons (Fsp3) is 0.214. The minimum Gasteiger partial charge on any atom is -0.497 e. The van der Waals surface area contributed by atoms with Crippen LogP contribution in [-0.4, -0.2) is 17.2 Å². The SMILES string of the molecule is COc1ccc(CC(O)c2cccnc2)cc1. The molecule has 3 heteroatoms. The molecule has 0 aliphatic rings. The molecule has 0 saturated heterocycles. The van der Waals surface area contributed by atoms with E-state index < -0.39 is 6.10 Å². The number of aliphatic hydroxyl groups excluding tert-OH is 1. The van der Waals surface area contributed by atoms with E-state index in [1.54, 1.807) is 19.5 Å². The van der Waals surface area contributed by atoms with Gasteiger partial charge in [-0.25, -0.2) is 0 Å². The monoisotopic (exact) mass is 229 g/mol. The van der Waals surface area contributed by atoms with Gasteiger partial charge in [0.25, 0.3) is 0 Å². The van der Waals surface area contributed by atoms with Crippen molar-refractivity contribution in [3.05, 3.63) is 59.9 Å². The molecule has 0 bridgehead atoms. The maximum Gasteiger partial charge on any atom is 0.118 e. The molecule has 1 aromatic carbocycles. The van der Waals surface area contributed by atoms with Crippen LogP contribution in [0.4, 0.5) is 0 Å². The van der Waals surface area contributed by atoms with E-state index in [0.29, 0.717) is 6.42 Å². The fourth-order valence-electron chi connectivity index (χ4n) is 1.68. The largest absolute Gasteiger partial charge is 0.497 e. The van der Waals surface area contributed by atoms with E-state index in [-0.39, 0.29) is 0 Å². The van der Waals surface area contributed by atoms with E-state index in [9.17, 15) is 5.11 Å². The van der Waals surface area contributed by atoms with Crippen LogP contribution in [-0.2, 0) is 6.42 Å². The van der Waals surface area contributed by atoms with Gasteiger partial charge in [-0.05, 0) is 29.3 Å². The Morgan fingerprint density at radius 3 is 2.59 bits per heavy atom. The molecule has 1 heterocycles. The predicted octanol–water partition coefficient (Wildman–Crippen LogP) is 2.37. The maximum atomic E-state index is 10.0. The molecule has 0 fully saturated rings. The number of pyridine rings is 1. The van der Waals surface area contributed by atoms with Crippen LogP contribution in [0.15, 0.2) is 48.8 Å². The zero-order valence-corrected chi connectivity index (χ0v) is 9.71. The summed E-state index contributed by atoms with van der Waals surface area (Å²) < 4.78 is 5.09. The summed E-state index contributed by atoms with van der Waals surface area (Å²) in [6, 6.07) is 11.4. The number of hydrogen-bond acceptors (Lipinski definition) is 3. The van der Waals surface area contributed by atoms with Gasteiger partial charge in [0.15, 0.2) is 0 Å². The van der Waals surface area contributed by atoms with Crippen molar-refractivity contribution in [1.29, 1.82) is 0 Å². The van der Waals surface area contributed by atoms with Gasteiger partial charge in [0.2, 0.25) is 0 Å². The minimum atomic E-state index is -0.517. The lowest BCUT2D eigenvalue weighted by Gasteiger charge is -2.10. The highest BCUT2D eigenvalue weighted by molar-refractivity contribution is 5.28.